The van der Waals surface area contributed by atoms with Gasteiger partial charge in [0.05, 0.1) is 0 Å². The molecule has 2 aliphatic rings. The monoisotopic (exact) mass is 283 g/mol. The normalized spacial score (nSPS) is 26.6. The zero-order valence-electron chi connectivity index (χ0n) is 13.3. The number of carbonyl (C=O) groups excluding carboxylic acids is 1. The van der Waals surface area contributed by atoms with Crippen molar-refractivity contribution >= 4 is 6.09 Å². The van der Waals surface area contributed by atoms with Crippen LogP contribution in [0.1, 0.15) is 40.5 Å². The summed E-state index contributed by atoms with van der Waals surface area (Å²) in [6.07, 6.45) is 2.27. The third-order valence-corrected chi connectivity index (χ3v) is 4.11. The Morgan fingerprint density at radius 1 is 1.20 bits per heavy atom. The molecule has 1 amide bonds. The molecule has 0 aromatic heterocycles. The van der Waals surface area contributed by atoms with E-state index in [9.17, 15) is 4.79 Å². The number of rotatable bonds is 1. The minimum atomic E-state index is -0.414. The number of carbonyl (C=O) groups is 1. The number of nitrogens with zero attached hydrogens (tertiary/aromatic N) is 2. The van der Waals surface area contributed by atoms with Crippen molar-refractivity contribution in [3.63, 3.8) is 0 Å². The molecule has 0 radical (unpaired) electrons. The lowest BCUT2D eigenvalue weighted by Crippen LogP contribution is -2.58. The fourth-order valence-corrected chi connectivity index (χ4v) is 3.08. The summed E-state index contributed by atoms with van der Waals surface area (Å²) in [5.41, 5.74) is -0.414. The van der Waals surface area contributed by atoms with E-state index in [1.54, 1.807) is 0 Å². The van der Waals surface area contributed by atoms with E-state index in [1.807, 2.05) is 25.7 Å². The number of ether oxygens (including phenoxy) is 1. The molecular weight excluding hydrogens is 254 g/mol. The maximum atomic E-state index is 12.2. The Hall–Kier alpha value is -0.810. The summed E-state index contributed by atoms with van der Waals surface area (Å²) >= 11 is 0. The minimum absolute atomic E-state index is 0.171. The Kier molecular flexibility index (Phi) is 4.91. The van der Waals surface area contributed by atoms with Gasteiger partial charge in [-0.15, -0.1) is 0 Å². The molecule has 20 heavy (non-hydrogen) atoms. The highest BCUT2D eigenvalue weighted by Crippen LogP contribution is 2.20. The lowest BCUT2D eigenvalue weighted by Gasteiger charge is -2.44. The number of nitrogens with one attached hydrogen (secondary N) is 1. The van der Waals surface area contributed by atoms with Crippen LogP contribution in [-0.2, 0) is 4.74 Å². The van der Waals surface area contributed by atoms with Crippen LogP contribution in [0.25, 0.3) is 0 Å². The van der Waals surface area contributed by atoms with Crippen molar-refractivity contribution < 1.29 is 9.53 Å². The summed E-state index contributed by atoms with van der Waals surface area (Å²) in [4.78, 5) is 16.6. The second kappa shape index (κ2) is 6.31. The summed E-state index contributed by atoms with van der Waals surface area (Å²) in [5.74, 6) is 0. The van der Waals surface area contributed by atoms with E-state index < -0.39 is 5.60 Å². The van der Waals surface area contributed by atoms with E-state index in [2.05, 4.69) is 17.1 Å². The number of hydrogen-bond acceptors (Lipinski definition) is 4. The van der Waals surface area contributed by atoms with Crippen LogP contribution in [0.3, 0.4) is 0 Å². The van der Waals surface area contributed by atoms with Crippen LogP contribution in [0.15, 0.2) is 0 Å². The van der Waals surface area contributed by atoms with Crippen LogP contribution < -0.4 is 5.32 Å². The first-order valence-corrected chi connectivity index (χ1v) is 7.81. The topological polar surface area (TPSA) is 44.8 Å². The van der Waals surface area contributed by atoms with Gasteiger partial charge in [0.15, 0.2) is 0 Å². The van der Waals surface area contributed by atoms with E-state index >= 15 is 0 Å². The largest absolute Gasteiger partial charge is 0.444 e. The lowest BCUT2D eigenvalue weighted by molar-refractivity contribution is -0.00654. The zero-order chi connectivity index (χ0) is 14.8. The van der Waals surface area contributed by atoms with E-state index in [1.165, 1.54) is 12.8 Å². The van der Waals surface area contributed by atoms with Crippen molar-refractivity contribution in [2.24, 2.45) is 0 Å². The predicted molar refractivity (Wildman–Crippen MR) is 79.9 cm³/mol. The van der Waals surface area contributed by atoms with Gasteiger partial charge in [0.25, 0.3) is 0 Å². The molecule has 116 valence electrons. The molecule has 2 rings (SSSR count). The summed E-state index contributed by atoms with van der Waals surface area (Å²) in [6.45, 7) is 12.8. The first kappa shape index (κ1) is 15.6. The van der Waals surface area contributed by atoms with Crippen LogP contribution >= 0.6 is 0 Å². The number of piperidine rings is 1. The lowest BCUT2D eigenvalue weighted by atomic mass is 10.0. The van der Waals surface area contributed by atoms with Crippen molar-refractivity contribution in [2.75, 3.05) is 32.7 Å². The average molecular weight is 283 g/mol. The molecule has 0 unspecified atom stereocenters. The Bertz CT molecular complexity index is 335. The van der Waals surface area contributed by atoms with Crippen molar-refractivity contribution in [3.05, 3.63) is 0 Å². The third-order valence-electron chi connectivity index (χ3n) is 4.11. The summed E-state index contributed by atoms with van der Waals surface area (Å²) in [6, 6.07) is 0.910. The highest BCUT2D eigenvalue weighted by molar-refractivity contribution is 5.68. The molecule has 2 saturated heterocycles. The SMILES string of the molecule is C[C@H]1CN(C2CCNCC2)CCN1C(=O)OC(C)(C)C. The number of amides is 1. The van der Waals surface area contributed by atoms with Crippen LogP contribution in [-0.4, -0.2) is 66.3 Å². The molecule has 1 N–H and O–H groups in total. The second-order valence-corrected chi connectivity index (χ2v) is 7.00. The molecular formula is C15H29N3O2. The van der Waals surface area contributed by atoms with Gasteiger partial charge in [-0.3, -0.25) is 4.90 Å². The van der Waals surface area contributed by atoms with Crippen molar-refractivity contribution in [2.45, 2.75) is 58.2 Å². The fourth-order valence-electron chi connectivity index (χ4n) is 3.08. The van der Waals surface area contributed by atoms with Crippen molar-refractivity contribution in [3.8, 4) is 0 Å². The summed E-state index contributed by atoms with van der Waals surface area (Å²) in [5, 5.41) is 3.41. The molecule has 2 aliphatic heterocycles. The molecule has 1 atom stereocenters. The molecule has 0 aromatic rings. The van der Waals surface area contributed by atoms with E-state index in [4.69, 9.17) is 4.74 Å². The quantitative estimate of drug-likeness (QED) is 0.795. The predicted octanol–water partition coefficient (Wildman–Crippen LogP) is 1.68. The Morgan fingerprint density at radius 3 is 2.40 bits per heavy atom. The van der Waals surface area contributed by atoms with Gasteiger partial charge in [0, 0.05) is 31.7 Å². The van der Waals surface area contributed by atoms with Crippen molar-refractivity contribution in [1.29, 1.82) is 0 Å². The third kappa shape index (κ3) is 4.09. The first-order chi connectivity index (χ1) is 9.37. The Balaban J connectivity index is 1.87. The Morgan fingerprint density at radius 2 is 1.85 bits per heavy atom. The molecule has 5 heteroatoms. The molecule has 0 bridgehead atoms. The number of hydrogen-bond donors (Lipinski definition) is 1. The zero-order valence-corrected chi connectivity index (χ0v) is 13.3. The summed E-state index contributed by atoms with van der Waals surface area (Å²) < 4.78 is 5.49. The Labute approximate surface area is 122 Å². The van der Waals surface area contributed by atoms with Crippen LogP contribution in [0, 0.1) is 0 Å². The van der Waals surface area contributed by atoms with Crippen molar-refractivity contribution in [1.82, 2.24) is 15.1 Å². The first-order valence-electron chi connectivity index (χ1n) is 7.81. The molecule has 0 aromatic carbocycles. The average Bonchev–Trinajstić information content (AvgIpc) is 2.37. The molecule has 0 aliphatic carbocycles. The van der Waals surface area contributed by atoms with E-state index in [0.29, 0.717) is 6.04 Å². The smallest absolute Gasteiger partial charge is 0.410 e. The standard InChI is InChI=1S/C15H29N3O2/c1-12-11-17(13-5-7-16-8-6-13)9-10-18(12)14(19)20-15(2,3)4/h12-13,16H,5-11H2,1-4H3/t12-/m0/s1. The molecule has 5 nitrogen and oxygen atoms in total. The van der Waals surface area contributed by atoms with Gasteiger partial charge >= 0.3 is 6.09 Å². The molecule has 2 fully saturated rings. The van der Waals surface area contributed by atoms with E-state index in [0.717, 1.165) is 32.7 Å². The maximum Gasteiger partial charge on any atom is 0.410 e. The van der Waals surface area contributed by atoms with Gasteiger partial charge in [-0.2, -0.15) is 0 Å². The minimum Gasteiger partial charge on any atom is -0.444 e. The molecule has 0 spiro atoms. The van der Waals surface area contributed by atoms with Crippen LogP contribution in [0.2, 0.25) is 0 Å². The van der Waals surface area contributed by atoms with E-state index in [-0.39, 0.29) is 12.1 Å². The van der Waals surface area contributed by atoms with Gasteiger partial charge in [-0.05, 0) is 53.6 Å². The van der Waals surface area contributed by atoms with Gasteiger partial charge in [0.1, 0.15) is 5.60 Å². The number of piperazine rings is 1. The molecule has 2 heterocycles. The second-order valence-electron chi connectivity index (χ2n) is 7.00. The van der Waals surface area contributed by atoms with Crippen LogP contribution in [0.5, 0.6) is 0 Å². The van der Waals surface area contributed by atoms with Gasteiger partial charge in [-0.1, -0.05) is 0 Å². The van der Waals surface area contributed by atoms with Gasteiger partial charge in [-0.25, -0.2) is 4.79 Å². The van der Waals surface area contributed by atoms with Gasteiger partial charge in [0.2, 0.25) is 0 Å². The molecule has 0 saturated carbocycles. The highest BCUT2D eigenvalue weighted by Gasteiger charge is 2.33. The fraction of sp³-hybridized carbons (Fsp3) is 0.933. The van der Waals surface area contributed by atoms with Crippen LogP contribution in [0.4, 0.5) is 4.79 Å². The van der Waals surface area contributed by atoms with Gasteiger partial charge < -0.3 is 15.0 Å². The highest BCUT2D eigenvalue weighted by atomic mass is 16.6. The summed E-state index contributed by atoms with van der Waals surface area (Å²) in [7, 11) is 0. The maximum absolute atomic E-state index is 12.2.